The van der Waals surface area contributed by atoms with Crippen molar-refractivity contribution in [2.75, 3.05) is 13.7 Å². The Kier molecular flexibility index (Phi) is 4.96. The molecule has 0 aromatic heterocycles. The van der Waals surface area contributed by atoms with Crippen molar-refractivity contribution in [2.45, 2.75) is 13.3 Å². The molecule has 0 bridgehead atoms. The molecule has 0 heterocycles. The van der Waals surface area contributed by atoms with Crippen molar-refractivity contribution in [3.63, 3.8) is 0 Å². The van der Waals surface area contributed by atoms with Gasteiger partial charge in [0.25, 0.3) is 0 Å². The number of ether oxygens (including phenoxy) is 1. The number of halogens is 1. The minimum absolute atomic E-state index is 0.0825. The molecule has 1 rings (SSSR count). The molecule has 0 aliphatic carbocycles. The number of ketones is 1. The molecule has 0 spiro atoms. The van der Waals surface area contributed by atoms with Crippen LogP contribution in [0.5, 0.6) is 5.75 Å². The molecule has 0 radical (unpaired) electrons. The summed E-state index contributed by atoms with van der Waals surface area (Å²) in [4.78, 5) is 11.7. The van der Waals surface area contributed by atoms with Crippen molar-refractivity contribution in [3.8, 4) is 5.75 Å². The van der Waals surface area contributed by atoms with Crippen LogP contribution in [0.2, 0.25) is 0 Å². The molecule has 1 atom stereocenters. The second-order valence-corrected chi connectivity index (χ2v) is 4.60. The van der Waals surface area contributed by atoms with Crippen LogP contribution >= 0.6 is 15.9 Å². The minimum atomic E-state index is -0.0825. The van der Waals surface area contributed by atoms with E-state index in [0.29, 0.717) is 13.0 Å². The predicted octanol–water partition coefficient (Wildman–Crippen LogP) is 2.16. The third-order valence-electron chi connectivity index (χ3n) is 2.50. The summed E-state index contributed by atoms with van der Waals surface area (Å²) in [6.45, 7) is 2.25. The molecular formula is C12H16BrNO2. The van der Waals surface area contributed by atoms with E-state index >= 15 is 0 Å². The van der Waals surface area contributed by atoms with Crippen LogP contribution in [-0.4, -0.2) is 19.4 Å². The fourth-order valence-corrected chi connectivity index (χ4v) is 1.91. The third-order valence-corrected chi connectivity index (χ3v) is 3.12. The minimum Gasteiger partial charge on any atom is -0.496 e. The van der Waals surface area contributed by atoms with E-state index in [4.69, 9.17) is 10.5 Å². The standard InChI is InChI=1S/C12H16BrNO2/c1-8(7-14)11(15)6-9-3-4-12(16-2)10(13)5-9/h3-5,8H,6-7,14H2,1-2H3. The zero-order valence-electron chi connectivity index (χ0n) is 9.50. The van der Waals surface area contributed by atoms with Crippen LogP contribution in [0, 0.1) is 5.92 Å². The van der Waals surface area contributed by atoms with Crippen LogP contribution in [0.3, 0.4) is 0 Å². The van der Waals surface area contributed by atoms with Crippen LogP contribution in [0.1, 0.15) is 12.5 Å². The van der Waals surface area contributed by atoms with Gasteiger partial charge in [0, 0.05) is 18.9 Å². The summed E-state index contributed by atoms with van der Waals surface area (Å²) >= 11 is 3.39. The van der Waals surface area contributed by atoms with Gasteiger partial charge in [0.1, 0.15) is 11.5 Å². The van der Waals surface area contributed by atoms with Crippen LogP contribution < -0.4 is 10.5 Å². The molecule has 1 aromatic carbocycles. The Balaban J connectivity index is 2.75. The fraction of sp³-hybridized carbons (Fsp3) is 0.417. The summed E-state index contributed by atoms with van der Waals surface area (Å²) in [5, 5.41) is 0. The number of rotatable bonds is 5. The molecule has 1 aromatic rings. The topological polar surface area (TPSA) is 52.3 Å². The van der Waals surface area contributed by atoms with E-state index in [1.54, 1.807) is 7.11 Å². The highest BCUT2D eigenvalue weighted by Gasteiger charge is 2.12. The van der Waals surface area contributed by atoms with Gasteiger partial charge in [0.2, 0.25) is 0 Å². The Morgan fingerprint density at radius 3 is 2.75 bits per heavy atom. The molecule has 3 nitrogen and oxygen atoms in total. The summed E-state index contributed by atoms with van der Waals surface area (Å²) < 4.78 is 5.98. The molecule has 0 aliphatic heterocycles. The first kappa shape index (κ1) is 13.2. The number of Topliss-reactive ketones (excluding diaryl/α,β-unsaturated/α-hetero) is 1. The smallest absolute Gasteiger partial charge is 0.141 e. The van der Waals surface area contributed by atoms with E-state index in [2.05, 4.69) is 15.9 Å². The van der Waals surface area contributed by atoms with Gasteiger partial charge < -0.3 is 10.5 Å². The second-order valence-electron chi connectivity index (χ2n) is 3.75. The van der Waals surface area contributed by atoms with Crippen molar-refractivity contribution < 1.29 is 9.53 Å². The average molecular weight is 286 g/mol. The summed E-state index contributed by atoms with van der Waals surface area (Å²) in [7, 11) is 1.61. The Labute approximate surface area is 104 Å². The predicted molar refractivity (Wildman–Crippen MR) is 67.6 cm³/mol. The van der Waals surface area contributed by atoms with Gasteiger partial charge in [0.15, 0.2) is 0 Å². The van der Waals surface area contributed by atoms with E-state index in [1.807, 2.05) is 25.1 Å². The molecule has 2 N–H and O–H groups in total. The number of nitrogens with two attached hydrogens (primary N) is 1. The third kappa shape index (κ3) is 3.32. The second kappa shape index (κ2) is 6.01. The van der Waals surface area contributed by atoms with Crippen LogP contribution in [0.4, 0.5) is 0 Å². The van der Waals surface area contributed by atoms with Crippen molar-refractivity contribution in [3.05, 3.63) is 28.2 Å². The summed E-state index contributed by atoms with van der Waals surface area (Å²) in [6.07, 6.45) is 0.418. The molecule has 16 heavy (non-hydrogen) atoms. The Morgan fingerprint density at radius 2 is 2.25 bits per heavy atom. The zero-order valence-corrected chi connectivity index (χ0v) is 11.1. The first-order valence-electron chi connectivity index (χ1n) is 5.13. The van der Waals surface area contributed by atoms with Gasteiger partial charge in [-0.05, 0) is 33.6 Å². The molecule has 1 unspecified atom stereocenters. The van der Waals surface area contributed by atoms with Gasteiger partial charge in [-0.2, -0.15) is 0 Å². The maximum Gasteiger partial charge on any atom is 0.141 e. The highest BCUT2D eigenvalue weighted by Crippen LogP contribution is 2.25. The number of carbonyl (C=O) groups is 1. The lowest BCUT2D eigenvalue weighted by molar-refractivity contribution is -0.121. The lowest BCUT2D eigenvalue weighted by Crippen LogP contribution is -2.22. The zero-order chi connectivity index (χ0) is 12.1. The molecule has 0 amide bonds. The molecule has 0 aliphatic rings. The first-order chi connectivity index (χ1) is 7.58. The Hall–Kier alpha value is -0.870. The van der Waals surface area contributed by atoms with E-state index in [9.17, 15) is 4.79 Å². The fourth-order valence-electron chi connectivity index (χ4n) is 1.33. The van der Waals surface area contributed by atoms with E-state index in [0.717, 1.165) is 15.8 Å². The lowest BCUT2D eigenvalue weighted by Gasteiger charge is -2.09. The summed E-state index contributed by atoms with van der Waals surface area (Å²) in [6, 6.07) is 5.64. The van der Waals surface area contributed by atoms with E-state index < -0.39 is 0 Å². The highest BCUT2D eigenvalue weighted by molar-refractivity contribution is 9.10. The van der Waals surface area contributed by atoms with Crippen molar-refractivity contribution in [1.29, 1.82) is 0 Å². The van der Waals surface area contributed by atoms with Crippen LogP contribution in [-0.2, 0) is 11.2 Å². The molecule has 4 heteroatoms. The summed E-state index contributed by atoms with van der Waals surface area (Å²) in [5.41, 5.74) is 6.42. The van der Waals surface area contributed by atoms with E-state index in [-0.39, 0.29) is 11.7 Å². The molecule has 0 saturated heterocycles. The highest BCUT2D eigenvalue weighted by atomic mass is 79.9. The maximum absolute atomic E-state index is 11.7. The normalized spacial score (nSPS) is 12.2. The molecular weight excluding hydrogens is 270 g/mol. The van der Waals surface area contributed by atoms with Crippen molar-refractivity contribution in [2.24, 2.45) is 11.7 Å². The lowest BCUT2D eigenvalue weighted by atomic mass is 10.00. The van der Waals surface area contributed by atoms with Crippen LogP contribution in [0.25, 0.3) is 0 Å². The number of carbonyl (C=O) groups excluding carboxylic acids is 1. The summed E-state index contributed by atoms with van der Waals surface area (Å²) in [5.74, 6) is 0.850. The number of methoxy groups -OCH3 is 1. The largest absolute Gasteiger partial charge is 0.496 e. The maximum atomic E-state index is 11.7. The molecule has 0 saturated carbocycles. The number of hydrogen-bond donors (Lipinski definition) is 1. The van der Waals surface area contributed by atoms with Crippen molar-refractivity contribution >= 4 is 21.7 Å². The molecule has 0 fully saturated rings. The van der Waals surface area contributed by atoms with Gasteiger partial charge in [-0.3, -0.25) is 4.79 Å². The SMILES string of the molecule is COc1ccc(CC(=O)C(C)CN)cc1Br. The average Bonchev–Trinajstić information content (AvgIpc) is 2.28. The Morgan fingerprint density at radius 1 is 1.56 bits per heavy atom. The van der Waals surface area contributed by atoms with Gasteiger partial charge in [-0.1, -0.05) is 13.0 Å². The van der Waals surface area contributed by atoms with Crippen molar-refractivity contribution in [1.82, 2.24) is 0 Å². The molecule has 88 valence electrons. The van der Waals surface area contributed by atoms with Gasteiger partial charge in [0.05, 0.1) is 11.6 Å². The van der Waals surface area contributed by atoms with Gasteiger partial charge >= 0.3 is 0 Å². The van der Waals surface area contributed by atoms with E-state index in [1.165, 1.54) is 0 Å². The number of hydrogen-bond acceptors (Lipinski definition) is 3. The first-order valence-corrected chi connectivity index (χ1v) is 5.93. The quantitative estimate of drug-likeness (QED) is 0.902. The van der Waals surface area contributed by atoms with Crippen LogP contribution in [0.15, 0.2) is 22.7 Å². The number of benzene rings is 1. The Bertz CT molecular complexity index is 379. The van der Waals surface area contributed by atoms with Gasteiger partial charge in [-0.25, -0.2) is 0 Å². The van der Waals surface area contributed by atoms with Gasteiger partial charge in [-0.15, -0.1) is 0 Å². The monoisotopic (exact) mass is 285 g/mol.